The number of aryl methyl sites for hydroxylation is 1. The zero-order valence-electron chi connectivity index (χ0n) is 11.2. The highest BCUT2D eigenvalue weighted by atomic mass is 15.2. The second kappa shape index (κ2) is 5.50. The Balaban J connectivity index is 2.08. The molecule has 2 rings (SSSR count). The molecule has 3 nitrogen and oxygen atoms in total. The third kappa shape index (κ3) is 2.97. The van der Waals surface area contributed by atoms with E-state index in [-0.39, 0.29) is 0 Å². The summed E-state index contributed by atoms with van der Waals surface area (Å²) < 4.78 is 0. The van der Waals surface area contributed by atoms with Gasteiger partial charge < -0.3 is 10.2 Å². The van der Waals surface area contributed by atoms with Crippen LogP contribution in [0.4, 0.5) is 5.82 Å². The Kier molecular flexibility index (Phi) is 4.00. The molecular formula is C14H23N3. The molecule has 1 aliphatic rings. The van der Waals surface area contributed by atoms with E-state index >= 15 is 0 Å². The molecule has 3 heteroatoms. The Morgan fingerprint density at radius 2 is 2.29 bits per heavy atom. The second-order valence-electron chi connectivity index (χ2n) is 5.03. The molecule has 0 aliphatic carbocycles. The Labute approximate surface area is 104 Å². The summed E-state index contributed by atoms with van der Waals surface area (Å²) in [5.41, 5.74) is 2.46. The van der Waals surface area contributed by atoms with Crippen molar-refractivity contribution in [1.29, 1.82) is 0 Å². The Morgan fingerprint density at radius 3 is 2.88 bits per heavy atom. The normalized spacial score (nSPS) is 19.9. The highest BCUT2D eigenvalue weighted by molar-refractivity contribution is 5.42. The Bertz CT molecular complexity index is 376. The summed E-state index contributed by atoms with van der Waals surface area (Å²) in [7, 11) is 0. The molecule has 0 bridgehead atoms. The standard InChI is InChI=1S/C14H23N3/c1-4-15-9-13-5-6-14(16-12(13)3)17-8-7-11(2)10-17/h5-6,11,15H,4,7-10H2,1-3H3. The lowest BCUT2D eigenvalue weighted by atomic mass is 10.2. The predicted molar refractivity (Wildman–Crippen MR) is 72.3 cm³/mol. The third-order valence-corrected chi connectivity index (χ3v) is 3.49. The highest BCUT2D eigenvalue weighted by Crippen LogP contribution is 2.22. The Morgan fingerprint density at radius 1 is 1.47 bits per heavy atom. The van der Waals surface area contributed by atoms with Gasteiger partial charge >= 0.3 is 0 Å². The largest absolute Gasteiger partial charge is 0.356 e. The summed E-state index contributed by atoms with van der Waals surface area (Å²) in [6.07, 6.45) is 1.29. The molecule has 1 N–H and O–H groups in total. The lowest BCUT2D eigenvalue weighted by molar-refractivity contribution is 0.658. The fraction of sp³-hybridized carbons (Fsp3) is 0.643. The molecule has 1 aromatic heterocycles. The van der Waals surface area contributed by atoms with Crippen LogP contribution in [-0.4, -0.2) is 24.6 Å². The van der Waals surface area contributed by atoms with Crippen LogP contribution in [0.1, 0.15) is 31.5 Å². The van der Waals surface area contributed by atoms with Crippen LogP contribution in [0.5, 0.6) is 0 Å². The maximum atomic E-state index is 4.73. The van der Waals surface area contributed by atoms with Crippen molar-refractivity contribution in [3.63, 3.8) is 0 Å². The quantitative estimate of drug-likeness (QED) is 0.865. The molecule has 0 saturated carbocycles. The van der Waals surface area contributed by atoms with Crippen molar-refractivity contribution in [1.82, 2.24) is 10.3 Å². The maximum absolute atomic E-state index is 4.73. The smallest absolute Gasteiger partial charge is 0.128 e. The van der Waals surface area contributed by atoms with E-state index in [9.17, 15) is 0 Å². The third-order valence-electron chi connectivity index (χ3n) is 3.49. The molecule has 1 atom stereocenters. The first-order valence-electron chi connectivity index (χ1n) is 6.63. The molecule has 2 heterocycles. The number of nitrogens with zero attached hydrogens (tertiary/aromatic N) is 2. The lowest BCUT2D eigenvalue weighted by Gasteiger charge is -2.18. The van der Waals surface area contributed by atoms with Gasteiger partial charge in [0.15, 0.2) is 0 Å². The molecule has 0 aromatic carbocycles. The van der Waals surface area contributed by atoms with Crippen molar-refractivity contribution in [3.05, 3.63) is 23.4 Å². The minimum Gasteiger partial charge on any atom is -0.356 e. The molecule has 1 unspecified atom stereocenters. The number of rotatable bonds is 4. The van der Waals surface area contributed by atoms with Crippen molar-refractivity contribution in [3.8, 4) is 0 Å². The molecule has 0 amide bonds. The molecule has 1 saturated heterocycles. The van der Waals surface area contributed by atoms with Crippen LogP contribution in [-0.2, 0) is 6.54 Å². The SMILES string of the molecule is CCNCc1ccc(N2CCC(C)C2)nc1C. The monoisotopic (exact) mass is 233 g/mol. The van der Waals surface area contributed by atoms with Gasteiger partial charge in [0, 0.05) is 25.3 Å². The van der Waals surface area contributed by atoms with Gasteiger partial charge in [-0.15, -0.1) is 0 Å². The van der Waals surface area contributed by atoms with Crippen LogP contribution in [0, 0.1) is 12.8 Å². The Hall–Kier alpha value is -1.09. The van der Waals surface area contributed by atoms with Gasteiger partial charge in [0.1, 0.15) is 5.82 Å². The van der Waals surface area contributed by atoms with E-state index in [2.05, 4.69) is 43.1 Å². The molecule has 1 fully saturated rings. The first-order valence-corrected chi connectivity index (χ1v) is 6.63. The van der Waals surface area contributed by atoms with Gasteiger partial charge in [-0.25, -0.2) is 4.98 Å². The number of hydrogen-bond donors (Lipinski definition) is 1. The van der Waals surface area contributed by atoms with Gasteiger partial charge in [-0.1, -0.05) is 19.9 Å². The number of pyridine rings is 1. The summed E-state index contributed by atoms with van der Waals surface area (Å²) in [5.74, 6) is 1.95. The van der Waals surface area contributed by atoms with Crippen molar-refractivity contribution in [2.24, 2.45) is 5.92 Å². The number of anilines is 1. The first kappa shape index (κ1) is 12.4. The van der Waals surface area contributed by atoms with E-state index in [1.54, 1.807) is 0 Å². The summed E-state index contributed by atoms with van der Waals surface area (Å²) >= 11 is 0. The zero-order chi connectivity index (χ0) is 12.3. The fourth-order valence-electron chi connectivity index (χ4n) is 2.34. The fourth-order valence-corrected chi connectivity index (χ4v) is 2.34. The minimum absolute atomic E-state index is 0.804. The predicted octanol–water partition coefficient (Wildman–Crippen LogP) is 2.35. The first-order chi connectivity index (χ1) is 8.20. The van der Waals surface area contributed by atoms with Crippen molar-refractivity contribution in [2.45, 2.75) is 33.7 Å². The average Bonchev–Trinajstić information content (AvgIpc) is 2.74. The summed E-state index contributed by atoms with van der Waals surface area (Å²) in [6, 6.07) is 4.38. The van der Waals surface area contributed by atoms with Crippen LogP contribution in [0.25, 0.3) is 0 Å². The van der Waals surface area contributed by atoms with Gasteiger partial charge in [0.05, 0.1) is 0 Å². The topological polar surface area (TPSA) is 28.2 Å². The summed E-state index contributed by atoms with van der Waals surface area (Å²) in [5, 5.41) is 3.35. The van der Waals surface area contributed by atoms with Crippen LogP contribution in [0.2, 0.25) is 0 Å². The summed E-state index contributed by atoms with van der Waals surface area (Å²) in [4.78, 5) is 7.13. The van der Waals surface area contributed by atoms with Gasteiger partial charge in [-0.2, -0.15) is 0 Å². The van der Waals surface area contributed by atoms with Crippen molar-refractivity contribution >= 4 is 5.82 Å². The average molecular weight is 233 g/mol. The zero-order valence-corrected chi connectivity index (χ0v) is 11.2. The molecule has 94 valence electrons. The van der Waals surface area contributed by atoms with Crippen molar-refractivity contribution in [2.75, 3.05) is 24.5 Å². The van der Waals surface area contributed by atoms with Crippen LogP contribution in [0.15, 0.2) is 12.1 Å². The molecule has 0 radical (unpaired) electrons. The van der Waals surface area contributed by atoms with Gasteiger partial charge in [0.25, 0.3) is 0 Å². The molecule has 1 aliphatic heterocycles. The van der Waals surface area contributed by atoms with Crippen LogP contribution < -0.4 is 10.2 Å². The highest BCUT2D eigenvalue weighted by Gasteiger charge is 2.19. The molecule has 0 spiro atoms. The van der Waals surface area contributed by atoms with E-state index in [0.717, 1.165) is 43.6 Å². The van der Waals surface area contributed by atoms with Crippen LogP contribution in [0.3, 0.4) is 0 Å². The number of aromatic nitrogens is 1. The lowest BCUT2D eigenvalue weighted by Crippen LogP contribution is -2.21. The van der Waals surface area contributed by atoms with Gasteiger partial charge in [-0.05, 0) is 37.4 Å². The molecule has 17 heavy (non-hydrogen) atoms. The van der Waals surface area contributed by atoms with Gasteiger partial charge in [-0.3, -0.25) is 0 Å². The van der Waals surface area contributed by atoms with E-state index in [1.165, 1.54) is 12.0 Å². The minimum atomic E-state index is 0.804. The van der Waals surface area contributed by atoms with Gasteiger partial charge in [0.2, 0.25) is 0 Å². The van der Waals surface area contributed by atoms with E-state index in [0.29, 0.717) is 0 Å². The number of nitrogens with one attached hydrogen (secondary N) is 1. The van der Waals surface area contributed by atoms with Crippen LogP contribution >= 0.6 is 0 Å². The van der Waals surface area contributed by atoms with E-state index in [4.69, 9.17) is 4.98 Å². The molecular weight excluding hydrogens is 210 g/mol. The van der Waals surface area contributed by atoms with E-state index < -0.39 is 0 Å². The maximum Gasteiger partial charge on any atom is 0.128 e. The number of hydrogen-bond acceptors (Lipinski definition) is 3. The summed E-state index contributed by atoms with van der Waals surface area (Å²) in [6.45, 7) is 10.8. The molecule has 1 aromatic rings. The second-order valence-corrected chi connectivity index (χ2v) is 5.03. The van der Waals surface area contributed by atoms with Crippen molar-refractivity contribution < 1.29 is 0 Å². The van der Waals surface area contributed by atoms with E-state index in [1.807, 2.05) is 0 Å².